The predicted octanol–water partition coefficient (Wildman–Crippen LogP) is 2.38. The largest absolute Gasteiger partial charge is 0.444 e. The molecule has 1 aromatic carbocycles. The van der Waals surface area contributed by atoms with Crippen molar-refractivity contribution in [2.24, 2.45) is 0 Å². The van der Waals surface area contributed by atoms with E-state index < -0.39 is 0 Å². The second-order valence-corrected chi connectivity index (χ2v) is 4.71. The summed E-state index contributed by atoms with van der Waals surface area (Å²) >= 11 is 4.20. The highest BCUT2D eigenvalue weighted by atomic mass is 32.1. The lowest BCUT2D eigenvalue weighted by Gasteiger charge is -2.03. The summed E-state index contributed by atoms with van der Waals surface area (Å²) in [6.07, 6.45) is 2.83. The van der Waals surface area contributed by atoms with Crippen LogP contribution < -0.4 is 5.32 Å². The van der Waals surface area contributed by atoms with Gasteiger partial charge in [-0.15, -0.1) is 12.6 Å². The number of aryl methyl sites for hydroxylation is 1. The van der Waals surface area contributed by atoms with Crippen molar-refractivity contribution in [2.45, 2.75) is 31.2 Å². The van der Waals surface area contributed by atoms with Gasteiger partial charge in [0.25, 0.3) is 0 Å². The second kappa shape index (κ2) is 6.43. The van der Waals surface area contributed by atoms with Crippen molar-refractivity contribution in [1.82, 2.24) is 10.3 Å². The molecule has 0 aliphatic rings. The van der Waals surface area contributed by atoms with Crippen molar-refractivity contribution in [3.63, 3.8) is 0 Å². The number of nitrogens with zero attached hydrogens (tertiary/aromatic N) is 1. The minimum Gasteiger partial charge on any atom is -0.444 e. The third-order valence-corrected chi connectivity index (χ3v) is 2.99. The van der Waals surface area contributed by atoms with Crippen molar-refractivity contribution in [1.29, 1.82) is 0 Å². The summed E-state index contributed by atoms with van der Waals surface area (Å²) in [5, 5.41) is 2.79. The summed E-state index contributed by atoms with van der Waals surface area (Å²) in [4.78, 5) is 16.7. The number of nitrogens with one attached hydrogen (secondary N) is 1. The summed E-state index contributed by atoms with van der Waals surface area (Å²) in [6, 6.07) is 7.52. The van der Waals surface area contributed by atoms with E-state index >= 15 is 0 Å². The Morgan fingerprint density at radius 3 is 2.74 bits per heavy atom. The number of carbonyl (C=O) groups excluding carboxylic acids is 1. The van der Waals surface area contributed by atoms with Crippen LogP contribution in [0.25, 0.3) is 0 Å². The van der Waals surface area contributed by atoms with E-state index in [1.807, 2.05) is 31.2 Å². The Balaban J connectivity index is 1.82. The van der Waals surface area contributed by atoms with Crippen LogP contribution in [0, 0.1) is 0 Å². The van der Waals surface area contributed by atoms with Gasteiger partial charge in [0.2, 0.25) is 11.8 Å². The highest BCUT2D eigenvalue weighted by Gasteiger charge is 2.06. The molecular formula is C14H16N2O2S. The van der Waals surface area contributed by atoms with Crippen LogP contribution in [0.1, 0.15) is 24.1 Å². The number of aromatic nitrogens is 1. The van der Waals surface area contributed by atoms with Crippen LogP contribution in [0.5, 0.6) is 0 Å². The van der Waals surface area contributed by atoms with Gasteiger partial charge in [-0.3, -0.25) is 4.79 Å². The van der Waals surface area contributed by atoms with E-state index in [9.17, 15) is 4.79 Å². The molecule has 1 N–H and O–H groups in total. The van der Waals surface area contributed by atoms with Crippen LogP contribution in [-0.2, 0) is 24.2 Å². The van der Waals surface area contributed by atoms with Gasteiger partial charge in [-0.1, -0.05) is 19.1 Å². The molecule has 19 heavy (non-hydrogen) atoms. The number of thiol groups is 1. The summed E-state index contributed by atoms with van der Waals surface area (Å²) < 4.78 is 5.41. The van der Waals surface area contributed by atoms with Crippen LogP contribution in [0.15, 0.2) is 39.8 Å². The molecule has 0 atom stereocenters. The Labute approximate surface area is 117 Å². The second-order valence-electron chi connectivity index (χ2n) is 4.19. The quantitative estimate of drug-likeness (QED) is 0.824. The predicted molar refractivity (Wildman–Crippen MR) is 75.1 cm³/mol. The highest BCUT2D eigenvalue weighted by molar-refractivity contribution is 7.80. The molecule has 0 bridgehead atoms. The number of amides is 1. The molecule has 5 heteroatoms. The maximum absolute atomic E-state index is 11.7. The van der Waals surface area contributed by atoms with Gasteiger partial charge in [0.05, 0.1) is 19.2 Å². The van der Waals surface area contributed by atoms with Gasteiger partial charge in [-0.2, -0.15) is 0 Å². The topological polar surface area (TPSA) is 55.1 Å². The highest BCUT2D eigenvalue weighted by Crippen LogP contribution is 2.08. The number of carbonyl (C=O) groups is 1. The van der Waals surface area contributed by atoms with Gasteiger partial charge < -0.3 is 9.73 Å². The molecule has 0 unspecified atom stereocenters. The van der Waals surface area contributed by atoms with Crippen LogP contribution in [0.4, 0.5) is 0 Å². The average molecular weight is 276 g/mol. The zero-order chi connectivity index (χ0) is 13.7. The standard InChI is InChI=1S/C14H16N2O2S/c1-2-11-8-16-14(18-11)9-15-13(17)7-10-3-5-12(19)6-4-10/h3-6,8,19H,2,7,9H2,1H3,(H,15,17). The fraction of sp³-hybridized carbons (Fsp3) is 0.286. The van der Waals surface area contributed by atoms with Gasteiger partial charge in [0.1, 0.15) is 5.76 Å². The lowest BCUT2D eigenvalue weighted by atomic mass is 10.1. The van der Waals surface area contributed by atoms with E-state index in [1.165, 1.54) is 0 Å². The molecule has 2 rings (SSSR count). The molecule has 0 saturated carbocycles. The van der Waals surface area contributed by atoms with E-state index in [-0.39, 0.29) is 5.91 Å². The Hall–Kier alpha value is -1.75. The number of hydrogen-bond acceptors (Lipinski definition) is 4. The normalized spacial score (nSPS) is 10.4. The summed E-state index contributed by atoms with van der Waals surface area (Å²) in [5.41, 5.74) is 0.956. The molecule has 0 aliphatic carbocycles. The van der Waals surface area contributed by atoms with Crippen LogP contribution in [0.2, 0.25) is 0 Å². The van der Waals surface area contributed by atoms with E-state index in [0.717, 1.165) is 22.6 Å². The Morgan fingerprint density at radius 2 is 2.11 bits per heavy atom. The smallest absolute Gasteiger partial charge is 0.224 e. The van der Waals surface area contributed by atoms with Crippen molar-refractivity contribution < 1.29 is 9.21 Å². The molecule has 0 saturated heterocycles. The maximum atomic E-state index is 11.7. The third kappa shape index (κ3) is 4.13. The maximum Gasteiger partial charge on any atom is 0.224 e. The SMILES string of the molecule is CCc1cnc(CNC(=O)Cc2ccc(S)cc2)o1. The summed E-state index contributed by atoms with van der Waals surface area (Å²) in [6.45, 7) is 2.32. The zero-order valence-corrected chi connectivity index (χ0v) is 11.6. The molecule has 1 heterocycles. The molecule has 0 fully saturated rings. The fourth-order valence-corrected chi connectivity index (χ4v) is 1.78. The first-order valence-electron chi connectivity index (χ1n) is 6.15. The van der Waals surface area contributed by atoms with Gasteiger partial charge in [0, 0.05) is 11.3 Å². The molecule has 0 aliphatic heterocycles. The number of oxazole rings is 1. The first kappa shape index (κ1) is 13.7. The van der Waals surface area contributed by atoms with Gasteiger partial charge in [-0.05, 0) is 17.7 Å². The molecule has 1 amide bonds. The molecule has 1 aromatic heterocycles. The Kier molecular flexibility index (Phi) is 4.63. The van der Waals surface area contributed by atoms with Crippen molar-refractivity contribution in [3.8, 4) is 0 Å². The summed E-state index contributed by atoms with van der Waals surface area (Å²) in [7, 11) is 0. The first-order valence-corrected chi connectivity index (χ1v) is 6.60. The molecular weight excluding hydrogens is 260 g/mol. The third-order valence-electron chi connectivity index (χ3n) is 2.69. The van der Waals surface area contributed by atoms with E-state index in [0.29, 0.717) is 18.9 Å². The van der Waals surface area contributed by atoms with E-state index in [2.05, 4.69) is 22.9 Å². The van der Waals surface area contributed by atoms with Crippen molar-refractivity contribution >= 4 is 18.5 Å². The summed E-state index contributed by atoms with van der Waals surface area (Å²) in [5.74, 6) is 1.31. The minimum absolute atomic E-state index is 0.0526. The van der Waals surface area contributed by atoms with E-state index in [4.69, 9.17) is 4.42 Å². The fourth-order valence-electron chi connectivity index (χ4n) is 1.63. The molecule has 0 spiro atoms. The van der Waals surface area contributed by atoms with Gasteiger partial charge in [0.15, 0.2) is 0 Å². The van der Waals surface area contributed by atoms with Gasteiger partial charge in [-0.25, -0.2) is 4.98 Å². The number of hydrogen-bond donors (Lipinski definition) is 2. The molecule has 0 radical (unpaired) electrons. The van der Waals surface area contributed by atoms with Gasteiger partial charge >= 0.3 is 0 Å². The van der Waals surface area contributed by atoms with Crippen LogP contribution in [-0.4, -0.2) is 10.9 Å². The zero-order valence-electron chi connectivity index (χ0n) is 10.7. The first-order chi connectivity index (χ1) is 9.17. The monoisotopic (exact) mass is 276 g/mol. The van der Waals surface area contributed by atoms with Crippen molar-refractivity contribution in [3.05, 3.63) is 47.7 Å². The number of rotatable bonds is 5. The number of benzene rings is 1. The van der Waals surface area contributed by atoms with Crippen molar-refractivity contribution in [2.75, 3.05) is 0 Å². The van der Waals surface area contributed by atoms with E-state index in [1.54, 1.807) is 6.20 Å². The molecule has 100 valence electrons. The average Bonchev–Trinajstić information content (AvgIpc) is 2.87. The molecule has 4 nitrogen and oxygen atoms in total. The van der Waals surface area contributed by atoms with Crippen LogP contribution in [0.3, 0.4) is 0 Å². The lowest BCUT2D eigenvalue weighted by Crippen LogP contribution is -2.24. The lowest BCUT2D eigenvalue weighted by molar-refractivity contribution is -0.120. The Bertz CT molecular complexity index is 549. The molecule has 2 aromatic rings. The van der Waals surface area contributed by atoms with Crippen LogP contribution >= 0.6 is 12.6 Å². The Morgan fingerprint density at radius 1 is 1.37 bits per heavy atom. The minimum atomic E-state index is -0.0526.